The first-order chi connectivity index (χ1) is 8.38. The quantitative estimate of drug-likeness (QED) is 0.736. The van der Waals surface area contributed by atoms with E-state index in [9.17, 15) is 0 Å². The summed E-state index contributed by atoms with van der Waals surface area (Å²) < 4.78 is 0. The number of benzene rings is 1. The Kier molecular flexibility index (Phi) is 2.62. The number of nitrogens with zero attached hydrogens (tertiary/aromatic N) is 1. The lowest BCUT2D eigenvalue weighted by Crippen LogP contribution is -2.26. The SMILES string of the molecule is C#CCN1CCc2[nH]c3ccccc3c2CC1. The fraction of sp³-hybridized carbons (Fsp3) is 0.333. The molecule has 1 aliphatic heterocycles. The van der Waals surface area contributed by atoms with Crippen molar-refractivity contribution < 1.29 is 0 Å². The van der Waals surface area contributed by atoms with Crippen LogP contribution >= 0.6 is 0 Å². The van der Waals surface area contributed by atoms with E-state index >= 15 is 0 Å². The summed E-state index contributed by atoms with van der Waals surface area (Å²) in [4.78, 5) is 5.89. The van der Waals surface area contributed by atoms with E-state index in [-0.39, 0.29) is 0 Å². The molecule has 17 heavy (non-hydrogen) atoms. The lowest BCUT2D eigenvalue weighted by atomic mass is 10.1. The van der Waals surface area contributed by atoms with Gasteiger partial charge in [0, 0.05) is 36.1 Å². The molecule has 0 aliphatic carbocycles. The van der Waals surface area contributed by atoms with E-state index in [4.69, 9.17) is 6.42 Å². The van der Waals surface area contributed by atoms with Gasteiger partial charge in [-0.1, -0.05) is 24.1 Å². The predicted octanol–water partition coefficient (Wildman–Crippen LogP) is 2.20. The minimum absolute atomic E-state index is 0.766. The largest absolute Gasteiger partial charge is 0.358 e. The van der Waals surface area contributed by atoms with Gasteiger partial charge >= 0.3 is 0 Å². The van der Waals surface area contributed by atoms with E-state index in [1.807, 2.05) is 0 Å². The van der Waals surface area contributed by atoms with Crippen molar-refractivity contribution >= 4 is 10.9 Å². The van der Waals surface area contributed by atoms with Gasteiger partial charge in [0.05, 0.1) is 6.54 Å². The molecular weight excluding hydrogens is 208 g/mol. The third-order valence-corrected chi connectivity index (χ3v) is 3.57. The molecule has 1 N–H and O–H groups in total. The Labute approximate surface area is 102 Å². The normalized spacial score (nSPS) is 16.4. The Bertz CT molecular complexity index is 574. The minimum atomic E-state index is 0.766. The molecule has 0 spiro atoms. The zero-order chi connectivity index (χ0) is 11.7. The van der Waals surface area contributed by atoms with Crippen LogP contribution < -0.4 is 0 Å². The highest BCUT2D eigenvalue weighted by Crippen LogP contribution is 2.25. The van der Waals surface area contributed by atoms with E-state index in [0.29, 0.717) is 0 Å². The van der Waals surface area contributed by atoms with Crippen LogP contribution in [0.2, 0.25) is 0 Å². The van der Waals surface area contributed by atoms with Gasteiger partial charge in [-0.3, -0.25) is 4.90 Å². The second-order valence-corrected chi connectivity index (χ2v) is 4.61. The molecule has 1 aromatic carbocycles. The van der Waals surface area contributed by atoms with Gasteiger partial charge < -0.3 is 4.98 Å². The monoisotopic (exact) mass is 224 g/mol. The van der Waals surface area contributed by atoms with Crippen LogP contribution in [-0.2, 0) is 12.8 Å². The molecule has 1 aliphatic rings. The van der Waals surface area contributed by atoms with Gasteiger partial charge in [-0.25, -0.2) is 0 Å². The lowest BCUT2D eigenvalue weighted by molar-refractivity contribution is 0.323. The van der Waals surface area contributed by atoms with Gasteiger partial charge in [0.15, 0.2) is 0 Å². The van der Waals surface area contributed by atoms with Crippen LogP contribution in [0.4, 0.5) is 0 Å². The molecule has 0 fully saturated rings. The van der Waals surface area contributed by atoms with Crippen molar-refractivity contribution in [1.82, 2.24) is 9.88 Å². The number of para-hydroxylation sites is 1. The van der Waals surface area contributed by atoms with E-state index in [0.717, 1.165) is 32.5 Å². The zero-order valence-corrected chi connectivity index (χ0v) is 9.87. The maximum absolute atomic E-state index is 5.38. The zero-order valence-electron chi connectivity index (χ0n) is 9.87. The summed E-state index contributed by atoms with van der Waals surface area (Å²) in [6, 6.07) is 8.56. The highest BCUT2D eigenvalue weighted by molar-refractivity contribution is 5.84. The smallest absolute Gasteiger partial charge is 0.0599 e. The third-order valence-electron chi connectivity index (χ3n) is 3.57. The van der Waals surface area contributed by atoms with Crippen LogP contribution in [0.3, 0.4) is 0 Å². The molecular formula is C15H16N2. The minimum Gasteiger partial charge on any atom is -0.358 e. The Morgan fingerprint density at radius 1 is 1.24 bits per heavy atom. The molecule has 0 bridgehead atoms. The molecule has 1 aromatic heterocycles. The van der Waals surface area contributed by atoms with Crippen LogP contribution in [0.5, 0.6) is 0 Å². The molecule has 0 atom stereocenters. The summed E-state index contributed by atoms with van der Waals surface area (Å²) in [6.45, 7) is 2.89. The van der Waals surface area contributed by atoms with Crippen molar-refractivity contribution in [2.24, 2.45) is 0 Å². The van der Waals surface area contributed by atoms with Gasteiger partial charge in [0.2, 0.25) is 0 Å². The summed E-state index contributed by atoms with van der Waals surface area (Å²) >= 11 is 0. The molecule has 2 nitrogen and oxygen atoms in total. The number of H-pyrrole nitrogens is 1. The summed E-state index contributed by atoms with van der Waals surface area (Å²) in [6.07, 6.45) is 7.56. The molecule has 2 aromatic rings. The van der Waals surface area contributed by atoms with Crippen molar-refractivity contribution in [1.29, 1.82) is 0 Å². The number of hydrogen-bond donors (Lipinski definition) is 1. The van der Waals surface area contributed by atoms with Crippen LogP contribution in [0.1, 0.15) is 11.3 Å². The number of terminal acetylenes is 1. The van der Waals surface area contributed by atoms with E-state index in [1.54, 1.807) is 0 Å². The standard InChI is InChI=1S/C15H16N2/c1-2-9-17-10-7-13-12-5-3-4-6-14(12)16-15(13)8-11-17/h1,3-6,16H,7-11H2. The maximum Gasteiger partial charge on any atom is 0.0599 e. The summed E-state index contributed by atoms with van der Waals surface area (Å²) in [5.74, 6) is 2.74. The van der Waals surface area contributed by atoms with E-state index < -0.39 is 0 Å². The van der Waals surface area contributed by atoms with Crippen molar-refractivity contribution in [3.8, 4) is 12.3 Å². The maximum atomic E-state index is 5.38. The number of nitrogens with one attached hydrogen (secondary N) is 1. The van der Waals surface area contributed by atoms with Gasteiger partial charge in [0.1, 0.15) is 0 Å². The molecule has 0 amide bonds. The molecule has 3 rings (SSSR count). The molecule has 86 valence electrons. The Hall–Kier alpha value is -1.72. The number of aromatic nitrogens is 1. The topological polar surface area (TPSA) is 19.0 Å². The predicted molar refractivity (Wildman–Crippen MR) is 71.0 cm³/mol. The molecule has 0 saturated heterocycles. The van der Waals surface area contributed by atoms with Crippen LogP contribution in [-0.4, -0.2) is 29.5 Å². The first-order valence-corrected chi connectivity index (χ1v) is 6.13. The van der Waals surface area contributed by atoms with Gasteiger partial charge in [-0.05, 0) is 18.1 Å². The first-order valence-electron chi connectivity index (χ1n) is 6.13. The fourth-order valence-corrected chi connectivity index (χ4v) is 2.69. The molecule has 0 unspecified atom stereocenters. The van der Waals surface area contributed by atoms with Crippen molar-refractivity contribution in [3.05, 3.63) is 35.5 Å². The Balaban J connectivity index is 1.96. The second kappa shape index (κ2) is 4.27. The highest BCUT2D eigenvalue weighted by Gasteiger charge is 2.17. The number of rotatable bonds is 1. The van der Waals surface area contributed by atoms with Gasteiger partial charge in [-0.15, -0.1) is 6.42 Å². The lowest BCUT2D eigenvalue weighted by Gasteiger charge is -2.15. The Morgan fingerprint density at radius 3 is 2.94 bits per heavy atom. The number of fused-ring (bicyclic) bond motifs is 3. The third kappa shape index (κ3) is 1.83. The van der Waals surface area contributed by atoms with E-state index in [2.05, 4.69) is 40.1 Å². The van der Waals surface area contributed by atoms with Crippen LogP contribution in [0.15, 0.2) is 24.3 Å². The number of aromatic amines is 1. The average Bonchev–Trinajstić information content (AvgIpc) is 2.59. The summed E-state index contributed by atoms with van der Waals surface area (Å²) in [7, 11) is 0. The molecule has 2 heterocycles. The average molecular weight is 224 g/mol. The second-order valence-electron chi connectivity index (χ2n) is 4.61. The Morgan fingerprint density at radius 2 is 2.06 bits per heavy atom. The van der Waals surface area contributed by atoms with Crippen LogP contribution in [0, 0.1) is 12.3 Å². The van der Waals surface area contributed by atoms with Crippen molar-refractivity contribution in [3.63, 3.8) is 0 Å². The molecule has 2 heteroatoms. The summed E-state index contributed by atoms with van der Waals surface area (Å²) in [5, 5.41) is 1.38. The summed E-state index contributed by atoms with van der Waals surface area (Å²) in [5.41, 5.74) is 4.15. The first kappa shape index (κ1) is 10.4. The van der Waals surface area contributed by atoms with Gasteiger partial charge in [0.25, 0.3) is 0 Å². The number of hydrogen-bond acceptors (Lipinski definition) is 1. The fourth-order valence-electron chi connectivity index (χ4n) is 2.69. The van der Waals surface area contributed by atoms with E-state index in [1.165, 1.54) is 22.2 Å². The van der Waals surface area contributed by atoms with Crippen molar-refractivity contribution in [2.75, 3.05) is 19.6 Å². The van der Waals surface area contributed by atoms with Crippen LogP contribution in [0.25, 0.3) is 10.9 Å². The molecule has 0 radical (unpaired) electrons. The van der Waals surface area contributed by atoms with Crippen molar-refractivity contribution in [2.45, 2.75) is 12.8 Å². The highest BCUT2D eigenvalue weighted by atomic mass is 15.1. The molecule has 0 saturated carbocycles. The van der Waals surface area contributed by atoms with Gasteiger partial charge in [-0.2, -0.15) is 0 Å².